The molecular formula is C9H12N6O3W3. The second-order valence-electron chi connectivity index (χ2n) is 2.36. The van der Waals surface area contributed by atoms with Crippen LogP contribution in [0.3, 0.4) is 0 Å². The summed E-state index contributed by atoms with van der Waals surface area (Å²) < 4.78 is 0. The number of aliphatic imine (C=N–C) groups is 2. The average molecular weight is 804 g/mol. The second kappa shape index (κ2) is 31.7. The Morgan fingerprint density at radius 2 is 1.57 bits per heavy atom. The minimum atomic E-state index is -0.197. The smallest absolute Gasteiger partial charge is 0.613 e. The van der Waals surface area contributed by atoms with Gasteiger partial charge in [0, 0.05) is 0 Å². The monoisotopic (exact) mass is 804 g/mol. The normalized spacial score (nSPS) is 7.86. The summed E-state index contributed by atoms with van der Waals surface area (Å²) in [5, 5.41) is 25.7. The van der Waals surface area contributed by atoms with E-state index < -0.39 is 0 Å². The zero-order chi connectivity index (χ0) is 15.0. The Hall–Kier alpha value is -0.515. The molecule has 114 valence electrons. The number of hydrogen-bond acceptors (Lipinski definition) is 2. The van der Waals surface area contributed by atoms with Crippen LogP contribution in [-0.4, -0.2) is 41.8 Å². The van der Waals surface area contributed by atoms with E-state index in [2.05, 4.69) is 9.98 Å². The van der Waals surface area contributed by atoms with Crippen LogP contribution in [0.25, 0.3) is 16.6 Å². The third kappa shape index (κ3) is 82.7. The van der Waals surface area contributed by atoms with Crippen molar-refractivity contribution in [1.82, 2.24) is 5.32 Å². The Kier molecular flexibility index (Phi) is 56.0. The fourth-order valence-corrected chi connectivity index (χ4v) is 0.215. The summed E-state index contributed by atoms with van der Waals surface area (Å²) in [6, 6.07) is 0. The first-order valence-electron chi connectivity index (χ1n) is 4.22. The summed E-state index contributed by atoms with van der Waals surface area (Å²) in [5.41, 5.74) is 6.47. The molecule has 0 aliphatic carbocycles. The number of hydrogen-bond donors (Lipinski definition) is 2. The molecular weight excluding hydrogens is 792 g/mol. The van der Waals surface area contributed by atoms with Crippen molar-refractivity contribution < 1.29 is 77.9 Å². The Balaban J connectivity index is -0.0000000375. The fraction of sp³-hybridized carbons (Fsp3) is 0.333. The van der Waals surface area contributed by atoms with Crippen molar-refractivity contribution >= 4 is 36.7 Å². The molecule has 0 saturated carbocycles. The number of nitrogens with zero attached hydrogens (tertiary/aromatic N) is 4. The van der Waals surface area contributed by atoms with Gasteiger partial charge >= 0.3 is 63.2 Å². The molecule has 0 aliphatic rings. The third-order valence-electron chi connectivity index (χ3n) is 0.657. The summed E-state index contributed by atoms with van der Waals surface area (Å²) in [6.45, 7) is 4.10. The van der Waals surface area contributed by atoms with Crippen molar-refractivity contribution in [2.24, 2.45) is 9.98 Å². The first kappa shape index (κ1) is 37.1. The topological polar surface area (TPSA) is 160 Å². The number of amidine groups is 3. The summed E-state index contributed by atoms with van der Waals surface area (Å²) in [7, 11) is 0. The second-order valence-corrected chi connectivity index (χ2v) is 2.36. The number of aliphatic hydroxyl groups is 1. The van der Waals surface area contributed by atoms with Gasteiger partial charge in [-0.25, -0.2) is 0 Å². The molecule has 0 radical (unpaired) electrons. The maximum atomic E-state index is 9.20. The minimum Gasteiger partial charge on any atom is -0.613 e. The Morgan fingerprint density at radius 1 is 1.14 bits per heavy atom. The van der Waals surface area contributed by atoms with Crippen LogP contribution < -0.4 is 5.32 Å². The predicted octanol–water partition coefficient (Wildman–Crippen LogP) is 0.585. The van der Waals surface area contributed by atoms with Gasteiger partial charge in [0.2, 0.25) is 0 Å². The molecule has 0 aromatic carbocycles. The van der Waals surface area contributed by atoms with Gasteiger partial charge in [-0.3, -0.25) is 17.5 Å². The van der Waals surface area contributed by atoms with Gasteiger partial charge in [-0.2, -0.15) is 0 Å². The van der Waals surface area contributed by atoms with E-state index in [1.165, 1.54) is 40.0 Å². The Bertz CT molecular complexity index is 333. The van der Waals surface area contributed by atoms with Crippen LogP contribution >= 0.6 is 0 Å². The average Bonchev–Trinajstić information content (AvgIpc) is 2.18. The van der Waals surface area contributed by atoms with Gasteiger partial charge in [0.05, 0.1) is 0 Å². The molecule has 0 aliphatic heterocycles. The van der Waals surface area contributed by atoms with E-state index in [0.717, 1.165) is 0 Å². The predicted molar refractivity (Wildman–Crippen MR) is 70.1 cm³/mol. The van der Waals surface area contributed by atoms with Crippen molar-refractivity contribution in [3.63, 3.8) is 0 Å². The van der Waals surface area contributed by atoms with E-state index in [9.17, 15) is 9.59 Å². The summed E-state index contributed by atoms with van der Waals surface area (Å²) >= 11 is 0. The van der Waals surface area contributed by atoms with Crippen LogP contribution in [0.15, 0.2) is 9.98 Å². The van der Waals surface area contributed by atoms with E-state index in [4.69, 9.17) is 21.7 Å². The van der Waals surface area contributed by atoms with Crippen molar-refractivity contribution in [3.8, 4) is 0 Å². The number of amides is 2. The Labute approximate surface area is 166 Å². The SMILES string of the molecule is CC(=[N-])N=[C-]O.CC(=[N-])N[C-]=O.CC([NH-])=N[C-]=O.[W+2].[W+2].[W+2]. The van der Waals surface area contributed by atoms with E-state index in [1.54, 1.807) is 0 Å². The molecule has 0 spiro atoms. The largest absolute Gasteiger partial charge is 2.00 e. The minimum absolute atomic E-state index is 0. The molecule has 0 saturated heterocycles. The molecule has 0 heterocycles. The van der Waals surface area contributed by atoms with E-state index >= 15 is 0 Å². The van der Waals surface area contributed by atoms with Gasteiger partial charge < -0.3 is 46.5 Å². The van der Waals surface area contributed by atoms with Gasteiger partial charge in [-0.1, -0.05) is 0 Å². The number of carbonyl (C=O) groups excluding carboxylic acids is 2. The molecule has 0 fully saturated rings. The molecule has 0 rings (SSSR count). The first-order valence-corrected chi connectivity index (χ1v) is 4.22. The van der Waals surface area contributed by atoms with Crippen molar-refractivity contribution in [1.29, 1.82) is 0 Å². The van der Waals surface area contributed by atoms with Crippen LogP contribution in [0.5, 0.6) is 0 Å². The van der Waals surface area contributed by atoms with Crippen molar-refractivity contribution in [3.05, 3.63) is 16.6 Å². The number of rotatable bonds is 2. The van der Waals surface area contributed by atoms with Crippen molar-refractivity contribution in [2.75, 3.05) is 0 Å². The van der Waals surface area contributed by atoms with Crippen LogP contribution in [0, 0.1) is 0 Å². The van der Waals surface area contributed by atoms with Gasteiger partial charge in [0.15, 0.2) is 0 Å². The van der Waals surface area contributed by atoms with Gasteiger partial charge in [-0.05, 0) is 12.8 Å². The third-order valence-corrected chi connectivity index (χ3v) is 0.657. The van der Waals surface area contributed by atoms with E-state index in [1.807, 2.05) is 5.32 Å². The van der Waals surface area contributed by atoms with Crippen LogP contribution in [0.1, 0.15) is 20.8 Å². The van der Waals surface area contributed by atoms with Crippen LogP contribution in [0.4, 0.5) is 0 Å². The summed E-state index contributed by atoms with van der Waals surface area (Å²) in [5.74, 6) is -0.340. The maximum Gasteiger partial charge on any atom is 2.00 e. The molecule has 9 nitrogen and oxygen atoms in total. The molecule has 12 heteroatoms. The fourth-order valence-electron chi connectivity index (χ4n) is 0.215. The summed E-state index contributed by atoms with van der Waals surface area (Å²) in [4.78, 5) is 24.2. The van der Waals surface area contributed by atoms with E-state index in [0.29, 0.717) is 0 Å². The van der Waals surface area contributed by atoms with Crippen molar-refractivity contribution in [2.45, 2.75) is 20.8 Å². The molecule has 21 heavy (non-hydrogen) atoms. The zero-order valence-electron chi connectivity index (χ0n) is 11.3. The molecule has 0 bridgehead atoms. The van der Waals surface area contributed by atoms with Gasteiger partial charge in [-0.15, -0.1) is 27.2 Å². The maximum absolute atomic E-state index is 9.20. The molecule has 0 unspecified atom stereocenters. The molecule has 0 aromatic rings. The standard InChI is InChI=1S/3C3H4N2O.3W/c3*1-3(4)5-2-6;;;/h3*1H3,(H-,4,5,6);;;/q3*-2;3*+2. The molecule has 2 amide bonds. The number of aliphatic hydroxyl groups excluding tert-OH is 1. The first-order chi connectivity index (χ1) is 8.31. The van der Waals surface area contributed by atoms with E-state index in [-0.39, 0.29) is 80.7 Å². The van der Waals surface area contributed by atoms with Crippen LogP contribution in [0.2, 0.25) is 0 Å². The molecule has 0 atom stereocenters. The Morgan fingerprint density at radius 3 is 1.57 bits per heavy atom. The van der Waals surface area contributed by atoms with Gasteiger partial charge in [0.1, 0.15) is 0 Å². The molecule has 0 aromatic heterocycles. The zero-order valence-corrected chi connectivity index (χ0v) is 20.1. The quantitative estimate of drug-likeness (QED) is 0.182. The van der Waals surface area contributed by atoms with Gasteiger partial charge in [0.25, 0.3) is 0 Å². The number of nitrogens with one attached hydrogen (secondary N) is 2. The molecule has 3 N–H and O–H groups in total. The summed E-state index contributed by atoms with van der Waals surface area (Å²) in [6.07, 6.45) is 3.90. The van der Waals surface area contributed by atoms with Crippen LogP contribution in [-0.2, 0) is 72.8 Å².